The lowest BCUT2D eigenvalue weighted by molar-refractivity contribution is 0.374. The Bertz CT molecular complexity index is 537. The van der Waals surface area contributed by atoms with Crippen molar-refractivity contribution in [1.82, 2.24) is 15.8 Å². The van der Waals surface area contributed by atoms with Gasteiger partial charge in [0.15, 0.2) is 11.7 Å². The van der Waals surface area contributed by atoms with Gasteiger partial charge in [0.1, 0.15) is 5.76 Å². The van der Waals surface area contributed by atoms with Gasteiger partial charge in [-0.15, -0.1) is 24.0 Å². The number of rotatable bonds is 6. The maximum absolute atomic E-state index is 5.27. The van der Waals surface area contributed by atoms with Gasteiger partial charge < -0.3 is 19.6 Å². The summed E-state index contributed by atoms with van der Waals surface area (Å²) >= 11 is 0. The number of aliphatic imine (C=N–C) groups is 1. The number of furan rings is 1. The summed E-state index contributed by atoms with van der Waals surface area (Å²) in [5.41, 5.74) is 0.961. The van der Waals surface area contributed by atoms with Crippen LogP contribution in [0, 0.1) is 0 Å². The number of nitrogens with one attached hydrogen (secondary N) is 2. The number of aromatic nitrogens is 1. The van der Waals surface area contributed by atoms with Gasteiger partial charge in [-0.1, -0.05) is 12.1 Å². The Morgan fingerprint density at radius 2 is 2.19 bits per heavy atom. The van der Waals surface area contributed by atoms with E-state index < -0.39 is 0 Å². The molecule has 0 unspecified atom stereocenters. The van der Waals surface area contributed by atoms with Gasteiger partial charge in [-0.05, 0) is 18.6 Å². The zero-order valence-electron chi connectivity index (χ0n) is 12.3. The topological polar surface area (TPSA) is 75.6 Å². The fourth-order valence-corrected chi connectivity index (χ4v) is 1.76. The zero-order chi connectivity index (χ0) is 14.2. The van der Waals surface area contributed by atoms with Crippen LogP contribution in [-0.4, -0.2) is 24.7 Å². The molecule has 0 fully saturated rings. The van der Waals surface area contributed by atoms with Crippen LogP contribution in [0.3, 0.4) is 0 Å². The van der Waals surface area contributed by atoms with Crippen LogP contribution in [0.1, 0.15) is 24.1 Å². The Balaban J connectivity index is 0.00000220. The summed E-state index contributed by atoms with van der Waals surface area (Å²) in [6, 6.07) is 5.79. The molecule has 0 amide bonds. The molecule has 0 aliphatic heterocycles. The number of aryl methyl sites for hydroxylation is 1. The Kier molecular flexibility index (Phi) is 7.88. The molecular weight excluding hydrogens is 383 g/mol. The fourth-order valence-electron chi connectivity index (χ4n) is 1.76. The zero-order valence-corrected chi connectivity index (χ0v) is 14.6. The molecule has 21 heavy (non-hydrogen) atoms. The number of guanidine groups is 1. The average molecular weight is 404 g/mol. The molecule has 2 rings (SSSR count). The molecule has 6 nitrogen and oxygen atoms in total. The number of nitrogens with zero attached hydrogens (tertiary/aromatic N) is 2. The molecule has 0 radical (unpaired) electrons. The normalized spacial score (nSPS) is 11.0. The molecule has 0 spiro atoms. The summed E-state index contributed by atoms with van der Waals surface area (Å²) in [6.07, 6.45) is 3.37. The Morgan fingerprint density at radius 3 is 2.81 bits per heavy atom. The van der Waals surface area contributed by atoms with Crippen molar-refractivity contribution in [2.24, 2.45) is 4.99 Å². The van der Waals surface area contributed by atoms with E-state index in [1.807, 2.05) is 25.1 Å². The molecule has 0 atom stereocenters. The average Bonchev–Trinajstić information content (AvgIpc) is 3.13. The SMILES string of the molecule is CCc1cc(CNC(=NC)NCCc2ccco2)on1.I. The number of halogens is 1. The second-order valence-corrected chi connectivity index (χ2v) is 4.32. The van der Waals surface area contributed by atoms with Crippen LogP contribution in [-0.2, 0) is 19.4 Å². The van der Waals surface area contributed by atoms with Crippen molar-refractivity contribution >= 4 is 29.9 Å². The fraction of sp³-hybridized carbons (Fsp3) is 0.429. The molecule has 0 aromatic carbocycles. The van der Waals surface area contributed by atoms with Crippen molar-refractivity contribution < 1.29 is 8.94 Å². The first kappa shape index (κ1) is 17.5. The van der Waals surface area contributed by atoms with Gasteiger partial charge in [-0.3, -0.25) is 4.99 Å². The predicted octanol–water partition coefficient (Wildman–Crippen LogP) is 2.36. The van der Waals surface area contributed by atoms with E-state index >= 15 is 0 Å². The summed E-state index contributed by atoms with van der Waals surface area (Å²) in [4.78, 5) is 4.15. The van der Waals surface area contributed by atoms with Crippen molar-refractivity contribution in [2.75, 3.05) is 13.6 Å². The minimum absolute atomic E-state index is 0. The van der Waals surface area contributed by atoms with Crippen molar-refractivity contribution in [2.45, 2.75) is 26.3 Å². The molecule has 0 aliphatic rings. The maximum Gasteiger partial charge on any atom is 0.191 e. The summed E-state index contributed by atoms with van der Waals surface area (Å²) in [7, 11) is 1.74. The van der Waals surface area contributed by atoms with E-state index in [0.29, 0.717) is 6.54 Å². The van der Waals surface area contributed by atoms with E-state index in [9.17, 15) is 0 Å². The molecule has 2 aromatic heterocycles. The Labute approximate surface area is 141 Å². The first-order valence-corrected chi connectivity index (χ1v) is 6.73. The van der Waals surface area contributed by atoms with Crippen molar-refractivity contribution in [3.8, 4) is 0 Å². The van der Waals surface area contributed by atoms with E-state index in [2.05, 4.69) is 20.8 Å². The second-order valence-electron chi connectivity index (χ2n) is 4.32. The van der Waals surface area contributed by atoms with Crippen molar-refractivity contribution in [3.05, 3.63) is 41.7 Å². The summed E-state index contributed by atoms with van der Waals surface area (Å²) in [6.45, 7) is 3.36. The van der Waals surface area contributed by atoms with Crippen LogP contribution < -0.4 is 10.6 Å². The second kappa shape index (κ2) is 9.43. The van der Waals surface area contributed by atoms with Crippen LogP contribution in [0.15, 0.2) is 38.4 Å². The van der Waals surface area contributed by atoms with E-state index in [1.54, 1.807) is 13.3 Å². The van der Waals surface area contributed by atoms with Crippen molar-refractivity contribution in [1.29, 1.82) is 0 Å². The Morgan fingerprint density at radius 1 is 1.33 bits per heavy atom. The summed E-state index contributed by atoms with van der Waals surface area (Å²) in [5.74, 6) is 2.48. The minimum atomic E-state index is 0. The quantitative estimate of drug-likeness (QED) is 0.439. The first-order chi connectivity index (χ1) is 9.81. The van der Waals surface area contributed by atoms with E-state index in [0.717, 1.165) is 42.6 Å². The highest BCUT2D eigenvalue weighted by Gasteiger charge is 2.04. The van der Waals surface area contributed by atoms with E-state index in [1.165, 1.54) is 0 Å². The molecular formula is C14H21IN4O2. The van der Waals surface area contributed by atoms with E-state index in [-0.39, 0.29) is 24.0 Å². The molecule has 0 saturated carbocycles. The van der Waals surface area contributed by atoms with Gasteiger partial charge in [-0.2, -0.15) is 0 Å². The molecule has 2 N–H and O–H groups in total. The standard InChI is InChI=1S/C14H20N4O2.HI/c1-3-11-9-13(20-18-11)10-17-14(15-2)16-7-6-12-5-4-8-19-12;/h4-5,8-9H,3,6-7,10H2,1-2H3,(H2,15,16,17);1H. The van der Waals surface area contributed by atoms with Gasteiger partial charge in [0, 0.05) is 26.1 Å². The third kappa shape index (κ3) is 5.78. The maximum atomic E-state index is 5.27. The van der Waals surface area contributed by atoms with Crippen LogP contribution in [0.25, 0.3) is 0 Å². The van der Waals surface area contributed by atoms with Gasteiger partial charge in [0.2, 0.25) is 0 Å². The van der Waals surface area contributed by atoms with Crippen LogP contribution >= 0.6 is 24.0 Å². The van der Waals surface area contributed by atoms with E-state index in [4.69, 9.17) is 8.94 Å². The highest BCUT2D eigenvalue weighted by Crippen LogP contribution is 2.03. The lowest BCUT2D eigenvalue weighted by Crippen LogP contribution is -2.37. The predicted molar refractivity (Wildman–Crippen MR) is 91.9 cm³/mol. The van der Waals surface area contributed by atoms with Gasteiger partial charge in [0.25, 0.3) is 0 Å². The smallest absolute Gasteiger partial charge is 0.191 e. The van der Waals surface area contributed by atoms with Crippen molar-refractivity contribution in [3.63, 3.8) is 0 Å². The highest BCUT2D eigenvalue weighted by molar-refractivity contribution is 14.0. The first-order valence-electron chi connectivity index (χ1n) is 6.73. The molecule has 116 valence electrons. The lowest BCUT2D eigenvalue weighted by atomic mass is 10.3. The van der Waals surface area contributed by atoms with Crippen LogP contribution in [0.4, 0.5) is 0 Å². The van der Waals surface area contributed by atoms with Crippen LogP contribution in [0.2, 0.25) is 0 Å². The summed E-state index contributed by atoms with van der Waals surface area (Å²) < 4.78 is 10.5. The molecule has 2 heterocycles. The van der Waals surface area contributed by atoms with Gasteiger partial charge >= 0.3 is 0 Å². The summed E-state index contributed by atoms with van der Waals surface area (Å²) in [5, 5.41) is 10.3. The van der Waals surface area contributed by atoms with Gasteiger partial charge in [0.05, 0.1) is 18.5 Å². The third-order valence-corrected chi connectivity index (χ3v) is 2.87. The lowest BCUT2D eigenvalue weighted by Gasteiger charge is -2.09. The molecule has 0 bridgehead atoms. The molecule has 0 saturated heterocycles. The molecule has 0 aliphatic carbocycles. The molecule has 2 aromatic rings. The Hall–Kier alpha value is -1.51. The highest BCUT2D eigenvalue weighted by atomic mass is 127. The third-order valence-electron chi connectivity index (χ3n) is 2.87. The minimum Gasteiger partial charge on any atom is -0.469 e. The van der Waals surface area contributed by atoms with Gasteiger partial charge in [-0.25, -0.2) is 0 Å². The number of hydrogen-bond donors (Lipinski definition) is 2. The number of hydrogen-bond acceptors (Lipinski definition) is 4. The molecule has 7 heteroatoms. The monoisotopic (exact) mass is 404 g/mol. The van der Waals surface area contributed by atoms with Crippen LogP contribution in [0.5, 0.6) is 0 Å². The largest absolute Gasteiger partial charge is 0.469 e.